The molecule has 0 unspecified atom stereocenters. The van der Waals surface area contributed by atoms with Gasteiger partial charge in [-0.25, -0.2) is 4.39 Å². The summed E-state index contributed by atoms with van der Waals surface area (Å²) in [5, 5.41) is 11.6. The molecule has 0 saturated carbocycles. The third-order valence-electron chi connectivity index (χ3n) is 4.90. The van der Waals surface area contributed by atoms with E-state index in [1.165, 1.54) is 12.1 Å². The van der Waals surface area contributed by atoms with Crippen LogP contribution < -0.4 is 0 Å². The lowest BCUT2D eigenvalue weighted by Gasteiger charge is -2.16. The third kappa shape index (κ3) is 2.60. The first kappa shape index (κ1) is 16.5. The molecule has 2 heterocycles. The molecule has 0 spiro atoms. The number of hydrogen-bond acceptors (Lipinski definition) is 3. The van der Waals surface area contributed by atoms with Gasteiger partial charge in [0, 0.05) is 24.7 Å². The van der Waals surface area contributed by atoms with Crippen molar-refractivity contribution < 1.29 is 14.3 Å². The van der Waals surface area contributed by atoms with Crippen LogP contribution in [0.2, 0.25) is 0 Å². The lowest BCUT2D eigenvalue weighted by molar-refractivity contribution is 0.0764. The van der Waals surface area contributed by atoms with Crippen LogP contribution in [-0.4, -0.2) is 20.9 Å². The van der Waals surface area contributed by atoms with Gasteiger partial charge in [0.05, 0.1) is 5.56 Å². The van der Waals surface area contributed by atoms with E-state index in [9.17, 15) is 14.3 Å². The molecular formula is C21H19FN2O2. The van der Waals surface area contributed by atoms with E-state index in [4.69, 9.17) is 0 Å². The monoisotopic (exact) mass is 350 g/mol. The molecule has 0 saturated heterocycles. The Bertz CT molecular complexity index is 999. The topological polar surface area (TPSA) is 53.4 Å². The van der Waals surface area contributed by atoms with Gasteiger partial charge in [0.1, 0.15) is 11.3 Å². The first-order valence-electron chi connectivity index (χ1n) is 8.75. The molecule has 4 rings (SSSR count). The molecule has 3 aromatic rings. The normalized spacial score (nSPS) is 13.5. The summed E-state index contributed by atoms with van der Waals surface area (Å²) < 4.78 is 13.1. The molecule has 0 aliphatic carbocycles. The van der Waals surface area contributed by atoms with Crippen molar-refractivity contribution >= 4 is 16.8 Å². The largest absolute Gasteiger partial charge is 0.505 e. The minimum Gasteiger partial charge on any atom is -0.505 e. The number of phenols is 1. The molecule has 1 amide bonds. The Balaban J connectivity index is 1.79. The van der Waals surface area contributed by atoms with Gasteiger partial charge in [-0.3, -0.25) is 9.78 Å². The molecule has 132 valence electrons. The van der Waals surface area contributed by atoms with E-state index in [2.05, 4.69) is 11.9 Å². The minimum atomic E-state index is -0.301. The fourth-order valence-corrected chi connectivity index (χ4v) is 3.71. The second-order valence-corrected chi connectivity index (χ2v) is 6.62. The Kier molecular flexibility index (Phi) is 4.07. The van der Waals surface area contributed by atoms with Crippen LogP contribution >= 0.6 is 0 Å². The SMILES string of the molecule is CCCc1c2c(c(O)c3ncccc13)C(=O)N(Cc1ccc(F)cc1)C2. The van der Waals surface area contributed by atoms with Crippen LogP contribution in [0, 0.1) is 5.82 Å². The molecule has 0 fully saturated rings. The lowest BCUT2D eigenvalue weighted by atomic mass is 9.94. The van der Waals surface area contributed by atoms with E-state index < -0.39 is 0 Å². The highest BCUT2D eigenvalue weighted by Crippen LogP contribution is 2.40. The van der Waals surface area contributed by atoms with Gasteiger partial charge in [0.15, 0.2) is 5.75 Å². The number of benzene rings is 2. The van der Waals surface area contributed by atoms with E-state index >= 15 is 0 Å². The number of aromatic nitrogens is 1. The van der Waals surface area contributed by atoms with Crippen molar-refractivity contribution in [1.29, 1.82) is 0 Å². The maximum Gasteiger partial charge on any atom is 0.258 e. The number of fused-ring (bicyclic) bond motifs is 2. The second-order valence-electron chi connectivity index (χ2n) is 6.62. The summed E-state index contributed by atoms with van der Waals surface area (Å²) in [5.41, 5.74) is 3.66. The Labute approximate surface area is 150 Å². The van der Waals surface area contributed by atoms with Crippen LogP contribution in [0.4, 0.5) is 4.39 Å². The van der Waals surface area contributed by atoms with Crippen molar-refractivity contribution in [3.8, 4) is 5.75 Å². The summed E-state index contributed by atoms with van der Waals surface area (Å²) in [6, 6.07) is 9.93. The number of phenolic OH excluding ortho intramolecular Hbond substituents is 1. The van der Waals surface area contributed by atoms with Gasteiger partial charge in [-0.1, -0.05) is 31.5 Å². The second kappa shape index (κ2) is 6.41. The fourth-order valence-electron chi connectivity index (χ4n) is 3.71. The van der Waals surface area contributed by atoms with Crippen molar-refractivity contribution in [3.05, 3.63) is 70.7 Å². The summed E-state index contributed by atoms with van der Waals surface area (Å²) in [7, 11) is 0. The highest BCUT2D eigenvalue weighted by atomic mass is 19.1. The number of aryl methyl sites for hydroxylation is 1. The van der Waals surface area contributed by atoms with Crippen molar-refractivity contribution in [2.45, 2.75) is 32.9 Å². The maximum atomic E-state index is 13.1. The molecule has 1 aliphatic heterocycles. The number of halogens is 1. The van der Waals surface area contributed by atoms with Gasteiger partial charge in [-0.15, -0.1) is 0 Å². The number of amides is 1. The van der Waals surface area contributed by atoms with Crippen LogP contribution in [0.25, 0.3) is 10.9 Å². The average molecular weight is 350 g/mol. The number of carbonyl (C=O) groups excluding carboxylic acids is 1. The molecule has 26 heavy (non-hydrogen) atoms. The van der Waals surface area contributed by atoms with Gasteiger partial charge in [-0.2, -0.15) is 0 Å². The zero-order valence-corrected chi connectivity index (χ0v) is 14.5. The first-order valence-corrected chi connectivity index (χ1v) is 8.75. The third-order valence-corrected chi connectivity index (χ3v) is 4.90. The lowest BCUT2D eigenvalue weighted by Crippen LogP contribution is -2.23. The molecule has 5 heteroatoms. The molecule has 0 radical (unpaired) electrons. The Morgan fingerprint density at radius 1 is 1.23 bits per heavy atom. The Hall–Kier alpha value is -2.95. The van der Waals surface area contributed by atoms with E-state index in [1.807, 2.05) is 12.1 Å². The van der Waals surface area contributed by atoms with Crippen molar-refractivity contribution in [2.75, 3.05) is 0 Å². The highest BCUT2D eigenvalue weighted by Gasteiger charge is 2.34. The van der Waals surface area contributed by atoms with E-state index in [0.29, 0.717) is 24.2 Å². The zero-order valence-electron chi connectivity index (χ0n) is 14.5. The van der Waals surface area contributed by atoms with Gasteiger partial charge in [0.25, 0.3) is 5.91 Å². The van der Waals surface area contributed by atoms with Crippen LogP contribution in [0.5, 0.6) is 5.75 Å². The Morgan fingerprint density at radius 3 is 2.73 bits per heavy atom. The summed E-state index contributed by atoms with van der Waals surface area (Å²) in [6.07, 6.45) is 3.38. The number of aromatic hydroxyl groups is 1. The summed E-state index contributed by atoms with van der Waals surface area (Å²) in [6.45, 7) is 2.91. The Morgan fingerprint density at radius 2 is 2.00 bits per heavy atom. The quantitative estimate of drug-likeness (QED) is 0.768. The molecule has 1 aliphatic rings. The predicted octanol–water partition coefficient (Wildman–Crippen LogP) is 4.19. The number of nitrogens with zero attached hydrogens (tertiary/aromatic N) is 2. The number of rotatable bonds is 4. The maximum absolute atomic E-state index is 13.1. The van der Waals surface area contributed by atoms with Crippen LogP contribution in [0.15, 0.2) is 42.6 Å². The van der Waals surface area contributed by atoms with Crippen LogP contribution in [-0.2, 0) is 19.5 Å². The smallest absolute Gasteiger partial charge is 0.258 e. The standard InChI is InChI=1S/C21H19FN2O2/c1-2-4-15-16-5-3-10-23-19(16)20(25)18-17(15)12-24(21(18)26)11-13-6-8-14(22)9-7-13/h3,5-10,25H,2,4,11-12H2,1H3. The van der Waals surface area contributed by atoms with Crippen LogP contribution in [0.3, 0.4) is 0 Å². The van der Waals surface area contributed by atoms with Gasteiger partial charge in [0.2, 0.25) is 0 Å². The fraction of sp³-hybridized carbons (Fsp3) is 0.238. The van der Waals surface area contributed by atoms with E-state index in [0.717, 1.165) is 34.9 Å². The van der Waals surface area contributed by atoms with Gasteiger partial charge < -0.3 is 10.0 Å². The van der Waals surface area contributed by atoms with Crippen LogP contribution in [0.1, 0.15) is 40.4 Å². The number of hydrogen-bond donors (Lipinski definition) is 1. The molecule has 1 N–H and O–H groups in total. The summed E-state index contributed by atoms with van der Waals surface area (Å²) in [5.74, 6) is -0.543. The average Bonchev–Trinajstić information content (AvgIpc) is 2.97. The molecule has 2 aromatic carbocycles. The van der Waals surface area contributed by atoms with Gasteiger partial charge >= 0.3 is 0 Å². The molecule has 4 nitrogen and oxygen atoms in total. The highest BCUT2D eigenvalue weighted by molar-refractivity contribution is 6.07. The first-order chi connectivity index (χ1) is 12.6. The van der Waals surface area contributed by atoms with E-state index in [1.54, 1.807) is 23.2 Å². The molecular weight excluding hydrogens is 331 g/mol. The number of pyridine rings is 1. The van der Waals surface area contributed by atoms with E-state index in [-0.39, 0.29) is 17.5 Å². The number of carbonyl (C=O) groups is 1. The molecule has 0 bridgehead atoms. The summed E-state index contributed by atoms with van der Waals surface area (Å²) >= 11 is 0. The van der Waals surface area contributed by atoms with Crippen molar-refractivity contribution in [3.63, 3.8) is 0 Å². The van der Waals surface area contributed by atoms with Gasteiger partial charge in [-0.05, 0) is 41.3 Å². The molecule has 1 aromatic heterocycles. The summed E-state index contributed by atoms with van der Waals surface area (Å²) in [4.78, 5) is 18.9. The zero-order chi connectivity index (χ0) is 18.3. The molecule has 0 atom stereocenters. The minimum absolute atomic E-state index is 0.0398. The van der Waals surface area contributed by atoms with Crippen molar-refractivity contribution in [1.82, 2.24) is 9.88 Å². The van der Waals surface area contributed by atoms with Crippen molar-refractivity contribution in [2.24, 2.45) is 0 Å². The predicted molar refractivity (Wildman–Crippen MR) is 97.4 cm³/mol.